The molecular formula is C17H26N2O8. The number of imide groups is 1. The van der Waals surface area contributed by atoms with E-state index in [0.29, 0.717) is 6.54 Å². The summed E-state index contributed by atoms with van der Waals surface area (Å²) in [5.74, 6) is -1.45. The van der Waals surface area contributed by atoms with E-state index < -0.39 is 29.5 Å². The maximum absolute atomic E-state index is 11.5. The normalized spacial score (nSPS) is 13.8. The molecule has 152 valence electrons. The van der Waals surface area contributed by atoms with Crippen molar-refractivity contribution in [3.05, 3.63) is 12.2 Å². The molecule has 0 aliphatic carbocycles. The number of ether oxygens (including phenoxy) is 4. The lowest BCUT2D eigenvalue weighted by molar-refractivity contribution is -0.152. The van der Waals surface area contributed by atoms with Crippen LogP contribution in [0.15, 0.2) is 12.2 Å². The van der Waals surface area contributed by atoms with Gasteiger partial charge in [-0.2, -0.15) is 0 Å². The summed E-state index contributed by atoms with van der Waals surface area (Å²) in [7, 11) is 0. The lowest BCUT2D eigenvalue weighted by Gasteiger charge is -2.19. The molecule has 1 rings (SSSR count). The maximum atomic E-state index is 11.5. The number of carbonyl (C=O) groups is 4. The highest BCUT2D eigenvalue weighted by Gasteiger charge is 2.23. The predicted molar refractivity (Wildman–Crippen MR) is 92.7 cm³/mol. The van der Waals surface area contributed by atoms with E-state index in [0.717, 1.165) is 17.1 Å². The van der Waals surface area contributed by atoms with Crippen LogP contribution < -0.4 is 5.32 Å². The Kier molecular flexibility index (Phi) is 9.45. The van der Waals surface area contributed by atoms with Gasteiger partial charge in [0.25, 0.3) is 11.8 Å². The van der Waals surface area contributed by atoms with Crippen LogP contribution in [-0.4, -0.2) is 80.5 Å². The molecule has 1 aliphatic rings. The summed E-state index contributed by atoms with van der Waals surface area (Å²) in [6.07, 6.45) is 1.81. The van der Waals surface area contributed by atoms with E-state index in [2.05, 4.69) is 5.32 Å². The molecule has 27 heavy (non-hydrogen) atoms. The zero-order valence-electron chi connectivity index (χ0n) is 15.8. The van der Waals surface area contributed by atoms with Gasteiger partial charge in [-0.1, -0.05) is 0 Å². The van der Waals surface area contributed by atoms with Crippen molar-refractivity contribution in [2.45, 2.75) is 26.4 Å². The number of nitrogens with zero attached hydrogens (tertiary/aromatic N) is 1. The first-order valence-corrected chi connectivity index (χ1v) is 8.50. The first-order chi connectivity index (χ1) is 12.7. The van der Waals surface area contributed by atoms with Gasteiger partial charge in [0.2, 0.25) is 0 Å². The molecule has 0 fully saturated rings. The molecule has 0 saturated carbocycles. The summed E-state index contributed by atoms with van der Waals surface area (Å²) in [5, 5.41) is 2.54. The predicted octanol–water partition coefficient (Wildman–Crippen LogP) is 0.0125. The highest BCUT2D eigenvalue weighted by Crippen LogP contribution is 2.06. The van der Waals surface area contributed by atoms with Gasteiger partial charge in [-0.3, -0.25) is 14.5 Å². The first kappa shape index (κ1) is 22.6. The topological polar surface area (TPSA) is 120 Å². The van der Waals surface area contributed by atoms with Gasteiger partial charge in [0, 0.05) is 18.7 Å². The smallest absolute Gasteiger partial charge is 0.407 e. The van der Waals surface area contributed by atoms with Gasteiger partial charge in [-0.05, 0) is 20.8 Å². The fourth-order valence-electron chi connectivity index (χ4n) is 1.86. The van der Waals surface area contributed by atoms with E-state index in [9.17, 15) is 19.2 Å². The lowest BCUT2D eigenvalue weighted by atomic mass is 10.2. The Morgan fingerprint density at radius 2 is 1.63 bits per heavy atom. The third-order valence-corrected chi connectivity index (χ3v) is 2.99. The van der Waals surface area contributed by atoms with Crippen LogP contribution in [0.5, 0.6) is 0 Å². The van der Waals surface area contributed by atoms with E-state index in [1.807, 2.05) is 0 Å². The van der Waals surface area contributed by atoms with Gasteiger partial charge in [-0.15, -0.1) is 0 Å². The molecule has 0 spiro atoms. The van der Waals surface area contributed by atoms with Crippen LogP contribution in [0.4, 0.5) is 4.79 Å². The van der Waals surface area contributed by atoms with Crippen molar-refractivity contribution in [1.82, 2.24) is 10.2 Å². The Hall–Kier alpha value is -2.46. The lowest BCUT2D eigenvalue weighted by Crippen LogP contribution is -2.34. The van der Waals surface area contributed by atoms with Crippen LogP contribution in [-0.2, 0) is 33.3 Å². The van der Waals surface area contributed by atoms with Crippen molar-refractivity contribution in [2.75, 3.05) is 46.1 Å². The van der Waals surface area contributed by atoms with Gasteiger partial charge in [0.1, 0.15) is 18.8 Å². The number of rotatable bonds is 11. The van der Waals surface area contributed by atoms with Crippen LogP contribution in [0.1, 0.15) is 20.8 Å². The van der Waals surface area contributed by atoms with Crippen molar-refractivity contribution in [3.8, 4) is 0 Å². The van der Waals surface area contributed by atoms with Crippen molar-refractivity contribution >= 4 is 23.9 Å². The molecule has 0 aromatic heterocycles. The van der Waals surface area contributed by atoms with Crippen molar-refractivity contribution < 1.29 is 38.1 Å². The number of hydrogen-bond donors (Lipinski definition) is 1. The third-order valence-electron chi connectivity index (χ3n) is 2.99. The minimum atomic E-state index is -0.603. The molecule has 1 heterocycles. The van der Waals surface area contributed by atoms with Gasteiger partial charge in [0.05, 0.1) is 26.4 Å². The second-order valence-corrected chi connectivity index (χ2v) is 6.48. The largest absolute Gasteiger partial charge is 0.462 e. The summed E-state index contributed by atoms with van der Waals surface area (Å²) in [4.78, 5) is 46.4. The van der Waals surface area contributed by atoms with Crippen LogP contribution in [0.3, 0.4) is 0 Å². The second kappa shape index (κ2) is 11.3. The molecule has 0 aromatic rings. The van der Waals surface area contributed by atoms with E-state index >= 15 is 0 Å². The van der Waals surface area contributed by atoms with Gasteiger partial charge >= 0.3 is 12.1 Å². The average molecular weight is 386 g/mol. The molecule has 1 N–H and O–H groups in total. The maximum Gasteiger partial charge on any atom is 0.407 e. The molecule has 1 aliphatic heterocycles. The fraction of sp³-hybridized carbons (Fsp3) is 0.647. The molecule has 0 bridgehead atoms. The second-order valence-electron chi connectivity index (χ2n) is 6.48. The highest BCUT2D eigenvalue weighted by molar-refractivity contribution is 6.12. The monoisotopic (exact) mass is 386 g/mol. The van der Waals surface area contributed by atoms with Crippen LogP contribution in [0.25, 0.3) is 0 Å². The van der Waals surface area contributed by atoms with E-state index in [-0.39, 0.29) is 39.6 Å². The summed E-state index contributed by atoms with van der Waals surface area (Å²) in [5.41, 5.74) is -0.552. The minimum Gasteiger partial charge on any atom is -0.462 e. The Bertz CT molecular complexity index is 550. The Labute approximate surface area is 157 Å². The fourth-order valence-corrected chi connectivity index (χ4v) is 1.86. The number of alkyl carbamates (subject to hydrolysis) is 1. The number of amides is 3. The SMILES string of the molecule is CC(C)(C)OC(=O)NCCOCCOCC(=O)OCCN1C(=O)C=CC1=O. The van der Waals surface area contributed by atoms with Crippen molar-refractivity contribution in [2.24, 2.45) is 0 Å². The molecular weight excluding hydrogens is 360 g/mol. The van der Waals surface area contributed by atoms with Crippen molar-refractivity contribution in [1.29, 1.82) is 0 Å². The Balaban J connectivity index is 1.93. The number of hydrogen-bond acceptors (Lipinski definition) is 8. The summed E-state index contributed by atoms with van der Waals surface area (Å²) in [6, 6.07) is 0. The zero-order valence-corrected chi connectivity index (χ0v) is 15.8. The zero-order chi connectivity index (χ0) is 20.3. The summed E-state index contributed by atoms with van der Waals surface area (Å²) < 4.78 is 20.2. The van der Waals surface area contributed by atoms with Gasteiger partial charge in [-0.25, -0.2) is 9.59 Å². The molecule has 0 unspecified atom stereocenters. The van der Waals surface area contributed by atoms with Crippen LogP contribution in [0, 0.1) is 0 Å². The quantitative estimate of drug-likeness (QED) is 0.300. The average Bonchev–Trinajstić information content (AvgIpc) is 2.87. The number of nitrogens with one attached hydrogen (secondary N) is 1. The summed E-state index contributed by atoms with van der Waals surface area (Å²) >= 11 is 0. The van der Waals surface area contributed by atoms with Gasteiger partial charge in [0.15, 0.2) is 0 Å². The standard InChI is InChI=1S/C17H26N2O8/c1-17(2,3)27-16(23)18-6-8-24-10-11-25-12-15(22)26-9-7-19-13(20)4-5-14(19)21/h4-5H,6-12H2,1-3H3,(H,18,23). The van der Waals surface area contributed by atoms with Crippen LogP contribution >= 0.6 is 0 Å². The van der Waals surface area contributed by atoms with E-state index in [1.165, 1.54) is 0 Å². The van der Waals surface area contributed by atoms with E-state index in [1.54, 1.807) is 20.8 Å². The summed E-state index contributed by atoms with van der Waals surface area (Å²) in [6.45, 7) is 5.95. The molecule has 0 aromatic carbocycles. The molecule has 10 heteroatoms. The third kappa shape index (κ3) is 10.3. The first-order valence-electron chi connectivity index (χ1n) is 8.50. The highest BCUT2D eigenvalue weighted by atomic mass is 16.6. The van der Waals surface area contributed by atoms with E-state index in [4.69, 9.17) is 18.9 Å². The number of esters is 1. The van der Waals surface area contributed by atoms with Crippen molar-refractivity contribution in [3.63, 3.8) is 0 Å². The molecule has 10 nitrogen and oxygen atoms in total. The molecule has 0 radical (unpaired) electrons. The molecule has 0 atom stereocenters. The van der Waals surface area contributed by atoms with Crippen LogP contribution in [0.2, 0.25) is 0 Å². The molecule has 3 amide bonds. The number of carbonyl (C=O) groups excluding carboxylic acids is 4. The Morgan fingerprint density at radius 3 is 2.26 bits per heavy atom. The molecule has 0 saturated heterocycles. The van der Waals surface area contributed by atoms with Gasteiger partial charge < -0.3 is 24.3 Å². The minimum absolute atomic E-state index is 0.00413. The Morgan fingerprint density at radius 1 is 1.00 bits per heavy atom.